The van der Waals surface area contributed by atoms with E-state index < -0.39 is 39.4 Å². The molecule has 1 aromatic heterocycles. The van der Waals surface area contributed by atoms with Crippen molar-refractivity contribution in [2.24, 2.45) is 0 Å². The Bertz CT molecular complexity index is 1090. The molecule has 8 nitrogen and oxygen atoms in total. The largest absolute Gasteiger partial charge is 0.480 e. The normalized spacial score (nSPS) is 24.3. The van der Waals surface area contributed by atoms with E-state index in [1.165, 1.54) is 6.07 Å². The molecule has 0 unspecified atom stereocenters. The molecule has 2 N–H and O–H groups in total. The van der Waals surface area contributed by atoms with Crippen molar-refractivity contribution in [1.82, 2.24) is 14.0 Å². The van der Waals surface area contributed by atoms with Gasteiger partial charge in [-0.15, -0.1) is 0 Å². The number of halogens is 3. The third-order valence-corrected chi connectivity index (χ3v) is 7.50. The molecule has 4 rings (SSSR count). The van der Waals surface area contributed by atoms with E-state index >= 15 is 0 Å². The zero-order valence-corrected chi connectivity index (χ0v) is 17.6. The van der Waals surface area contributed by atoms with Gasteiger partial charge in [0.25, 0.3) is 10.2 Å². The van der Waals surface area contributed by atoms with Gasteiger partial charge in [0.05, 0.1) is 5.56 Å². The summed E-state index contributed by atoms with van der Waals surface area (Å²) in [5.41, 5.74) is -1.70. The van der Waals surface area contributed by atoms with Crippen molar-refractivity contribution in [3.63, 3.8) is 0 Å². The number of nitrogens with one attached hydrogen (secondary N) is 1. The van der Waals surface area contributed by atoms with Gasteiger partial charge in [-0.25, -0.2) is 4.98 Å². The molecule has 2 aromatic rings. The number of alkyl halides is 3. The Balaban J connectivity index is 1.41. The molecule has 1 aliphatic carbocycles. The molecule has 1 saturated heterocycles. The van der Waals surface area contributed by atoms with Crippen LogP contribution in [-0.4, -0.2) is 60.5 Å². The Hall–Kier alpha value is -2.70. The lowest BCUT2D eigenvalue weighted by Crippen LogP contribution is -2.56. The second kappa shape index (κ2) is 8.01. The number of pyridine rings is 1. The van der Waals surface area contributed by atoms with Crippen LogP contribution in [0.1, 0.15) is 23.5 Å². The molecule has 0 spiro atoms. The molecule has 1 aromatic carbocycles. The molecular formula is C20H21F3N4O4S. The number of piperazine rings is 1. The number of benzene rings is 1. The minimum Gasteiger partial charge on any atom is -0.480 e. The molecule has 32 heavy (non-hydrogen) atoms. The first-order chi connectivity index (χ1) is 15.0. The average molecular weight is 470 g/mol. The van der Waals surface area contributed by atoms with Crippen molar-refractivity contribution in [3.8, 4) is 0 Å². The summed E-state index contributed by atoms with van der Waals surface area (Å²) in [7, 11) is -4.09. The summed E-state index contributed by atoms with van der Waals surface area (Å²) in [6, 6.07) is 11.0. The number of nitrogens with zero attached hydrogens (tertiary/aromatic N) is 3. The van der Waals surface area contributed by atoms with E-state index in [0.717, 1.165) is 22.1 Å². The molecule has 0 amide bonds. The van der Waals surface area contributed by atoms with Gasteiger partial charge < -0.3 is 10.0 Å². The van der Waals surface area contributed by atoms with Crippen molar-refractivity contribution in [2.75, 3.05) is 31.1 Å². The number of aromatic nitrogens is 1. The lowest BCUT2D eigenvalue weighted by atomic mass is 10.1. The summed E-state index contributed by atoms with van der Waals surface area (Å²) in [5.74, 6) is -1.38. The number of carboxylic acids is 1. The van der Waals surface area contributed by atoms with Crippen LogP contribution in [0.2, 0.25) is 0 Å². The molecule has 2 fully saturated rings. The van der Waals surface area contributed by atoms with Gasteiger partial charge in [-0.2, -0.15) is 30.6 Å². The Labute approximate surface area is 182 Å². The van der Waals surface area contributed by atoms with Gasteiger partial charge >= 0.3 is 12.1 Å². The van der Waals surface area contributed by atoms with Crippen LogP contribution in [0.25, 0.3) is 0 Å². The molecule has 1 aliphatic heterocycles. The number of carboxylic acid groups (broad SMARTS) is 1. The number of rotatable bonds is 6. The highest BCUT2D eigenvalue weighted by molar-refractivity contribution is 7.87. The fourth-order valence-corrected chi connectivity index (χ4v) is 5.48. The zero-order chi connectivity index (χ0) is 23.1. The number of hydrogen-bond acceptors (Lipinski definition) is 5. The minimum absolute atomic E-state index is 0.0454. The van der Waals surface area contributed by atoms with Gasteiger partial charge in [0.15, 0.2) is 0 Å². The molecule has 0 radical (unpaired) electrons. The van der Waals surface area contributed by atoms with Gasteiger partial charge in [0.2, 0.25) is 0 Å². The Kier molecular flexibility index (Phi) is 5.63. The predicted molar refractivity (Wildman–Crippen MR) is 109 cm³/mol. The summed E-state index contributed by atoms with van der Waals surface area (Å²) < 4.78 is 67.5. The summed E-state index contributed by atoms with van der Waals surface area (Å²) in [4.78, 5) is 17.4. The molecule has 2 aliphatic rings. The van der Waals surface area contributed by atoms with Crippen LogP contribution in [0.5, 0.6) is 0 Å². The SMILES string of the molecule is O=C(O)[C@]1(NS(=O)(=O)N2CCN(c3ccc(C(F)(F)F)cn3)CC2)C[C@@H]1c1ccccc1. The maximum Gasteiger partial charge on any atom is 0.417 e. The maximum atomic E-state index is 12.9. The van der Waals surface area contributed by atoms with Crippen LogP contribution >= 0.6 is 0 Å². The minimum atomic E-state index is -4.48. The molecular weight excluding hydrogens is 449 g/mol. The van der Waals surface area contributed by atoms with Gasteiger partial charge in [-0.05, 0) is 24.1 Å². The highest BCUT2D eigenvalue weighted by Gasteiger charge is 2.63. The second-order valence-electron chi connectivity index (χ2n) is 7.84. The predicted octanol–water partition coefficient (Wildman–Crippen LogP) is 2.07. The monoisotopic (exact) mass is 470 g/mol. The van der Waals surface area contributed by atoms with Crippen molar-refractivity contribution in [2.45, 2.75) is 24.1 Å². The van der Waals surface area contributed by atoms with Crippen LogP contribution < -0.4 is 9.62 Å². The van der Waals surface area contributed by atoms with E-state index in [0.29, 0.717) is 5.82 Å². The van der Waals surface area contributed by atoms with E-state index in [2.05, 4.69) is 9.71 Å². The molecule has 12 heteroatoms. The highest BCUT2D eigenvalue weighted by atomic mass is 32.2. The van der Waals surface area contributed by atoms with Gasteiger partial charge in [-0.1, -0.05) is 30.3 Å². The lowest BCUT2D eigenvalue weighted by molar-refractivity contribution is -0.140. The summed E-state index contributed by atoms with van der Waals surface area (Å²) in [6.45, 7) is 0.510. The van der Waals surface area contributed by atoms with E-state index in [9.17, 15) is 31.5 Å². The summed E-state index contributed by atoms with van der Waals surface area (Å²) in [6.07, 6.45) is -3.58. The fourth-order valence-electron chi connectivity index (χ4n) is 3.94. The number of hydrogen-bond donors (Lipinski definition) is 2. The van der Waals surface area contributed by atoms with Crippen LogP contribution in [0.3, 0.4) is 0 Å². The molecule has 0 bridgehead atoms. The first-order valence-electron chi connectivity index (χ1n) is 9.88. The van der Waals surface area contributed by atoms with Crippen LogP contribution in [0, 0.1) is 0 Å². The summed E-state index contributed by atoms with van der Waals surface area (Å²) >= 11 is 0. The van der Waals surface area contributed by atoms with E-state index in [4.69, 9.17) is 0 Å². The van der Waals surface area contributed by atoms with E-state index in [1.54, 1.807) is 35.2 Å². The van der Waals surface area contributed by atoms with E-state index in [-0.39, 0.29) is 32.6 Å². The topological polar surface area (TPSA) is 103 Å². The van der Waals surface area contributed by atoms with Gasteiger partial charge in [-0.3, -0.25) is 4.79 Å². The second-order valence-corrected chi connectivity index (χ2v) is 9.51. The van der Waals surface area contributed by atoms with Gasteiger partial charge in [0.1, 0.15) is 11.4 Å². The lowest BCUT2D eigenvalue weighted by Gasteiger charge is -2.35. The molecule has 2 atom stereocenters. The first kappa shape index (κ1) is 22.5. The smallest absolute Gasteiger partial charge is 0.417 e. The zero-order valence-electron chi connectivity index (χ0n) is 16.8. The summed E-state index contributed by atoms with van der Waals surface area (Å²) in [5, 5.41) is 9.73. The van der Waals surface area contributed by atoms with Crippen molar-refractivity contribution >= 4 is 22.0 Å². The standard InChI is InChI=1S/C20H21F3N4O4S/c21-20(22,23)15-6-7-17(24-13-15)26-8-10-27(11-9-26)32(30,31)25-19(18(28)29)12-16(19)14-4-2-1-3-5-14/h1-7,13,16,25H,8-12H2,(H,28,29)/t16-,19+/m1/s1. The Morgan fingerprint density at radius 1 is 1.09 bits per heavy atom. The van der Waals surface area contributed by atoms with Crippen LogP contribution in [0.4, 0.5) is 19.0 Å². The fraction of sp³-hybridized carbons (Fsp3) is 0.400. The average Bonchev–Trinajstić information content (AvgIpc) is 3.49. The molecule has 172 valence electrons. The van der Waals surface area contributed by atoms with Crippen molar-refractivity contribution in [3.05, 3.63) is 59.8 Å². The van der Waals surface area contributed by atoms with Crippen molar-refractivity contribution in [1.29, 1.82) is 0 Å². The number of anilines is 1. The number of carbonyl (C=O) groups is 1. The van der Waals surface area contributed by atoms with Crippen molar-refractivity contribution < 1.29 is 31.5 Å². The van der Waals surface area contributed by atoms with E-state index in [1.807, 2.05) is 0 Å². The highest BCUT2D eigenvalue weighted by Crippen LogP contribution is 2.52. The maximum absolute atomic E-state index is 12.9. The quantitative estimate of drug-likeness (QED) is 0.670. The Morgan fingerprint density at radius 2 is 1.75 bits per heavy atom. The third kappa shape index (κ3) is 4.30. The van der Waals surface area contributed by atoms with Crippen LogP contribution in [-0.2, 0) is 21.2 Å². The molecule has 2 heterocycles. The van der Waals surface area contributed by atoms with Crippen LogP contribution in [0.15, 0.2) is 48.7 Å². The first-order valence-corrected chi connectivity index (χ1v) is 11.3. The number of aliphatic carboxylic acids is 1. The van der Waals surface area contributed by atoms with Gasteiger partial charge in [0, 0.05) is 38.3 Å². The third-order valence-electron chi connectivity index (χ3n) is 5.83. The Morgan fingerprint density at radius 3 is 2.28 bits per heavy atom. The molecule has 1 saturated carbocycles.